The van der Waals surface area contributed by atoms with E-state index in [0.29, 0.717) is 0 Å². The van der Waals surface area contributed by atoms with Crippen LogP contribution in [0.2, 0.25) is 0 Å². The van der Waals surface area contributed by atoms with Crippen molar-refractivity contribution in [3.8, 4) is 16.9 Å². The Hall–Kier alpha value is -0.450. The van der Waals surface area contributed by atoms with Gasteiger partial charge in [0.15, 0.2) is 0 Å². The van der Waals surface area contributed by atoms with Gasteiger partial charge in [-0.3, -0.25) is 0 Å². The Labute approximate surface area is 122 Å². The fourth-order valence-electron chi connectivity index (χ4n) is 1.63. The normalized spacial score (nSPS) is 10.5. The summed E-state index contributed by atoms with van der Waals surface area (Å²) < 4.78 is 1.94. The van der Waals surface area contributed by atoms with Gasteiger partial charge in [-0.15, -0.1) is 11.8 Å². The molecule has 0 radical (unpaired) electrons. The van der Waals surface area contributed by atoms with E-state index in [1.54, 1.807) is 23.9 Å². The Morgan fingerprint density at radius 3 is 2.41 bits per heavy atom. The van der Waals surface area contributed by atoms with Gasteiger partial charge in [-0.1, -0.05) is 37.9 Å². The Morgan fingerprint density at radius 2 is 1.76 bits per heavy atom. The van der Waals surface area contributed by atoms with Crippen LogP contribution in [0.5, 0.6) is 5.75 Å². The van der Waals surface area contributed by atoms with Crippen molar-refractivity contribution >= 4 is 43.6 Å². The molecule has 17 heavy (non-hydrogen) atoms. The lowest BCUT2D eigenvalue weighted by Gasteiger charge is -2.09. The summed E-state index contributed by atoms with van der Waals surface area (Å²) in [4.78, 5) is 1.18. The molecule has 1 N–H and O–H groups in total. The van der Waals surface area contributed by atoms with Gasteiger partial charge >= 0.3 is 0 Å². The van der Waals surface area contributed by atoms with Gasteiger partial charge in [-0.05, 0) is 47.7 Å². The minimum absolute atomic E-state index is 0.268. The number of benzene rings is 2. The van der Waals surface area contributed by atoms with Crippen LogP contribution < -0.4 is 0 Å². The molecule has 0 bridgehead atoms. The molecule has 88 valence electrons. The van der Waals surface area contributed by atoms with Crippen LogP contribution in [0, 0.1) is 0 Å². The van der Waals surface area contributed by atoms with Gasteiger partial charge in [0.1, 0.15) is 5.75 Å². The van der Waals surface area contributed by atoms with Crippen LogP contribution in [0.3, 0.4) is 0 Å². The number of phenolic OH excluding ortho intramolecular Hbond substituents is 1. The van der Waals surface area contributed by atoms with Gasteiger partial charge in [0.2, 0.25) is 0 Å². The van der Waals surface area contributed by atoms with E-state index in [-0.39, 0.29) is 5.75 Å². The van der Waals surface area contributed by atoms with Gasteiger partial charge in [0, 0.05) is 13.8 Å². The molecule has 4 heteroatoms. The fraction of sp³-hybridized carbons (Fsp3) is 0.0769. The zero-order valence-electron chi connectivity index (χ0n) is 9.08. The highest BCUT2D eigenvalue weighted by molar-refractivity contribution is 9.10. The van der Waals surface area contributed by atoms with E-state index >= 15 is 0 Å². The standard InChI is InChI=1S/C13H10Br2OS/c1-17-13-7-9(14)2-3-12(13)8-4-10(15)6-11(16)5-8/h2-7,16H,1H3. The number of phenols is 1. The second-order valence-electron chi connectivity index (χ2n) is 3.54. The molecule has 0 aromatic heterocycles. The molecule has 0 amide bonds. The molecule has 1 nitrogen and oxygen atoms in total. The maximum atomic E-state index is 9.63. The third-order valence-corrected chi connectivity index (χ3v) is 4.09. The Kier molecular flexibility index (Phi) is 4.17. The van der Waals surface area contributed by atoms with Gasteiger partial charge in [0.05, 0.1) is 0 Å². The monoisotopic (exact) mass is 372 g/mol. The molecule has 0 aliphatic heterocycles. The van der Waals surface area contributed by atoms with E-state index in [4.69, 9.17) is 0 Å². The molecular formula is C13H10Br2OS. The van der Waals surface area contributed by atoms with Crippen molar-refractivity contribution in [3.63, 3.8) is 0 Å². The first-order chi connectivity index (χ1) is 8.10. The van der Waals surface area contributed by atoms with E-state index in [9.17, 15) is 5.11 Å². The second-order valence-corrected chi connectivity index (χ2v) is 6.22. The third-order valence-electron chi connectivity index (χ3n) is 2.36. The number of rotatable bonds is 2. The number of hydrogen-bond donors (Lipinski definition) is 1. The van der Waals surface area contributed by atoms with Crippen molar-refractivity contribution in [2.45, 2.75) is 4.90 Å². The van der Waals surface area contributed by atoms with Crippen molar-refractivity contribution < 1.29 is 5.11 Å². The van der Waals surface area contributed by atoms with E-state index < -0.39 is 0 Å². The number of aromatic hydroxyl groups is 1. The molecule has 0 aliphatic rings. The summed E-state index contributed by atoms with van der Waals surface area (Å²) in [7, 11) is 0. The Morgan fingerprint density at radius 1 is 1.00 bits per heavy atom. The van der Waals surface area contributed by atoms with Gasteiger partial charge in [-0.2, -0.15) is 0 Å². The van der Waals surface area contributed by atoms with E-state index in [2.05, 4.69) is 44.0 Å². The number of hydrogen-bond acceptors (Lipinski definition) is 2. The van der Waals surface area contributed by atoms with Crippen molar-refractivity contribution in [1.82, 2.24) is 0 Å². The average molecular weight is 374 g/mol. The molecule has 0 saturated carbocycles. The predicted octanol–water partition coefficient (Wildman–Crippen LogP) is 5.31. The van der Waals surface area contributed by atoms with Crippen LogP contribution in [0.1, 0.15) is 0 Å². The molecule has 0 atom stereocenters. The molecular weight excluding hydrogens is 364 g/mol. The first-order valence-electron chi connectivity index (χ1n) is 4.93. The van der Waals surface area contributed by atoms with Crippen molar-refractivity contribution in [3.05, 3.63) is 45.3 Å². The van der Waals surface area contributed by atoms with Crippen LogP contribution in [0.4, 0.5) is 0 Å². The predicted molar refractivity (Wildman–Crippen MR) is 80.7 cm³/mol. The molecule has 0 aliphatic carbocycles. The summed E-state index contributed by atoms with van der Waals surface area (Å²) in [5.74, 6) is 0.268. The summed E-state index contributed by atoms with van der Waals surface area (Å²) >= 11 is 8.55. The van der Waals surface area contributed by atoms with Gasteiger partial charge in [-0.25, -0.2) is 0 Å². The lowest BCUT2D eigenvalue weighted by atomic mass is 10.1. The Balaban J connectivity index is 2.59. The van der Waals surface area contributed by atoms with Crippen molar-refractivity contribution in [2.24, 2.45) is 0 Å². The average Bonchev–Trinajstić information content (AvgIpc) is 2.27. The van der Waals surface area contributed by atoms with E-state index in [1.165, 1.54) is 4.90 Å². The van der Waals surface area contributed by atoms with E-state index in [0.717, 1.165) is 20.1 Å². The van der Waals surface area contributed by atoms with Gasteiger partial charge in [0.25, 0.3) is 0 Å². The highest BCUT2D eigenvalue weighted by atomic mass is 79.9. The number of halogens is 2. The van der Waals surface area contributed by atoms with Crippen LogP contribution in [-0.4, -0.2) is 11.4 Å². The molecule has 0 heterocycles. The largest absolute Gasteiger partial charge is 0.508 e. The highest BCUT2D eigenvalue weighted by Gasteiger charge is 2.07. The molecule has 0 spiro atoms. The first-order valence-corrected chi connectivity index (χ1v) is 7.74. The topological polar surface area (TPSA) is 20.2 Å². The van der Waals surface area contributed by atoms with Crippen LogP contribution >= 0.6 is 43.6 Å². The van der Waals surface area contributed by atoms with Gasteiger partial charge < -0.3 is 5.11 Å². The lowest BCUT2D eigenvalue weighted by molar-refractivity contribution is 0.475. The maximum Gasteiger partial charge on any atom is 0.117 e. The van der Waals surface area contributed by atoms with Crippen LogP contribution in [0.15, 0.2) is 50.2 Å². The molecule has 2 aromatic carbocycles. The minimum atomic E-state index is 0.268. The first kappa shape index (κ1) is 13.0. The molecule has 0 saturated heterocycles. The SMILES string of the molecule is CSc1cc(Br)ccc1-c1cc(O)cc(Br)c1. The summed E-state index contributed by atoms with van der Waals surface area (Å²) in [5, 5.41) is 9.63. The van der Waals surface area contributed by atoms with E-state index in [1.807, 2.05) is 18.4 Å². The molecule has 0 fully saturated rings. The minimum Gasteiger partial charge on any atom is -0.508 e. The summed E-state index contributed by atoms with van der Waals surface area (Å²) in [6.45, 7) is 0. The van der Waals surface area contributed by atoms with Crippen molar-refractivity contribution in [2.75, 3.05) is 6.26 Å². The lowest BCUT2D eigenvalue weighted by Crippen LogP contribution is -1.83. The van der Waals surface area contributed by atoms with Crippen molar-refractivity contribution in [1.29, 1.82) is 0 Å². The third kappa shape index (κ3) is 3.06. The number of thioether (sulfide) groups is 1. The Bertz CT molecular complexity index is 535. The summed E-state index contributed by atoms with van der Waals surface area (Å²) in [5.41, 5.74) is 2.13. The summed E-state index contributed by atoms with van der Waals surface area (Å²) in [6.07, 6.45) is 2.04. The second kappa shape index (κ2) is 5.46. The molecule has 2 aromatic rings. The quantitative estimate of drug-likeness (QED) is 0.720. The smallest absolute Gasteiger partial charge is 0.117 e. The van der Waals surface area contributed by atoms with Crippen LogP contribution in [-0.2, 0) is 0 Å². The molecule has 0 unspecified atom stereocenters. The fourth-order valence-corrected chi connectivity index (χ4v) is 3.28. The maximum absolute atomic E-state index is 9.63. The highest BCUT2D eigenvalue weighted by Crippen LogP contribution is 2.35. The molecule has 2 rings (SSSR count). The van der Waals surface area contributed by atoms with Crippen LogP contribution in [0.25, 0.3) is 11.1 Å². The summed E-state index contributed by atoms with van der Waals surface area (Å²) in [6, 6.07) is 11.6. The zero-order chi connectivity index (χ0) is 12.4. The zero-order valence-corrected chi connectivity index (χ0v) is 13.1.